The summed E-state index contributed by atoms with van der Waals surface area (Å²) in [6.45, 7) is 4.34. The van der Waals surface area contributed by atoms with Crippen molar-refractivity contribution >= 4 is 23.4 Å². The molecule has 1 fully saturated rings. The number of benzene rings is 2. The molecule has 1 atom stereocenters. The molecular weight excluding hydrogens is 356 g/mol. The fraction of sp³-hybridized carbons (Fsp3) is 0.318. The van der Waals surface area contributed by atoms with Crippen molar-refractivity contribution in [1.82, 2.24) is 4.90 Å². The van der Waals surface area contributed by atoms with E-state index in [1.807, 2.05) is 37.3 Å². The first-order chi connectivity index (χ1) is 13.5. The molecule has 2 aromatic carbocycles. The van der Waals surface area contributed by atoms with Gasteiger partial charge in [-0.05, 0) is 36.2 Å². The number of rotatable bonds is 7. The maximum Gasteiger partial charge on any atom is 0.257 e. The van der Waals surface area contributed by atoms with E-state index in [0.717, 1.165) is 16.9 Å². The van der Waals surface area contributed by atoms with Gasteiger partial charge < -0.3 is 9.64 Å². The van der Waals surface area contributed by atoms with Crippen LogP contribution in [0.1, 0.15) is 32.3 Å². The van der Waals surface area contributed by atoms with Gasteiger partial charge in [-0.3, -0.25) is 14.4 Å². The zero-order chi connectivity index (χ0) is 20.1. The van der Waals surface area contributed by atoms with Crippen molar-refractivity contribution in [2.24, 2.45) is 0 Å². The van der Waals surface area contributed by atoms with Crippen LogP contribution < -0.4 is 9.64 Å². The third kappa shape index (κ3) is 4.22. The molecule has 3 amide bonds. The molecule has 0 N–H and O–H groups in total. The number of anilines is 1. The van der Waals surface area contributed by atoms with Crippen molar-refractivity contribution in [2.45, 2.75) is 39.3 Å². The molecule has 6 nitrogen and oxygen atoms in total. The molecule has 2 aromatic rings. The van der Waals surface area contributed by atoms with Crippen LogP contribution >= 0.6 is 0 Å². The van der Waals surface area contributed by atoms with E-state index >= 15 is 0 Å². The first kappa shape index (κ1) is 19.6. The van der Waals surface area contributed by atoms with Gasteiger partial charge in [-0.15, -0.1) is 0 Å². The second-order valence-corrected chi connectivity index (χ2v) is 6.76. The Morgan fingerprint density at radius 1 is 1.11 bits per heavy atom. The number of imide groups is 1. The normalized spacial score (nSPS) is 16.4. The van der Waals surface area contributed by atoms with Crippen LogP contribution in [0.15, 0.2) is 54.6 Å². The predicted octanol–water partition coefficient (Wildman–Crippen LogP) is 3.16. The first-order valence-electron chi connectivity index (χ1n) is 9.42. The lowest BCUT2D eigenvalue weighted by atomic mass is 10.1. The molecule has 146 valence electrons. The lowest BCUT2D eigenvalue weighted by Crippen LogP contribution is -2.44. The van der Waals surface area contributed by atoms with Crippen molar-refractivity contribution in [1.29, 1.82) is 0 Å². The SMILES string of the molecule is CCCOc1ccc(N2C(=O)C[C@H](N(Cc3ccccc3)C(C)=O)C2=O)cc1. The summed E-state index contributed by atoms with van der Waals surface area (Å²) in [4.78, 5) is 40.4. The largest absolute Gasteiger partial charge is 0.494 e. The summed E-state index contributed by atoms with van der Waals surface area (Å²) in [5.74, 6) is -0.231. The molecule has 0 aromatic heterocycles. The van der Waals surface area contributed by atoms with Gasteiger partial charge in [0.05, 0.1) is 18.7 Å². The minimum Gasteiger partial charge on any atom is -0.494 e. The summed E-state index contributed by atoms with van der Waals surface area (Å²) >= 11 is 0. The Labute approximate surface area is 164 Å². The molecule has 0 aliphatic carbocycles. The number of amides is 3. The molecule has 6 heteroatoms. The van der Waals surface area contributed by atoms with Crippen LogP contribution in [0, 0.1) is 0 Å². The third-order valence-electron chi connectivity index (χ3n) is 4.67. The smallest absolute Gasteiger partial charge is 0.257 e. The fourth-order valence-electron chi connectivity index (χ4n) is 3.26. The average Bonchev–Trinajstić information content (AvgIpc) is 2.99. The van der Waals surface area contributed by atoms with Gasteiger partial charge in [-0.2, -0.15) is 0 Å². The van der Waals surface area contributed by atoms with Crippen LogP contribution in [0.5, 0.6) is 5.75 Å². The lowest BCUT2D eigenvalue weighted by Gasteiger charge is -2.26. The molecule has 0 radical (unpaired) electrons. The monoisotopic (exact) mass is 380 g/mol. The highest BCUT2D eigenvalue weighted by atomic mass is 16.5. The highest BCUT2D eigenvalue weighted by Crippen LogP contribution is 2.28. The Kier molecular flexibility index (Phi) is 6.09. The summed E-state index contributed by atoms with van der Waals surface area (Å²) in [7, 11) is 0. The number of nitrogens with zero attached hydrogens (tertiary/aromatic N) is 2. The van der Waals surface area contributed by atoms with Gasteiger partial charge in [-0.25, -0.2) is 4.90 Å². The van der Waals surface area contributed by atoms with Crippen LogP contribution in [0.4, 0.5) is 5.69 Å². The zero-order valence-corrected chi connectivity index (χ0v) is 16.1. The second-order valence-electron chi connectivity index (χ2n) is 6.76. The van der Waals surface area contributed by atoms with Crippen LogP contribution in [0.25, 0.3) is 0 Å². The second kappa shape index (κ2) is 8.69. The van der Waals surface area contributed by atoms with E-state index in [1.165, 1.54) is 11.8 Å². The number of ether oxygens (including phenoxy) is 1. The van der Waals surface area contributed by atoms with E-state index in [0.29, 0.717) is 18.0 Å². The third-order valence-corrected chi connectivity index (χ3v) is 4.67. The van der Waals surface area contributed by atoms with E-state index < -0.39 is 6.04 Å². The standard InChI is InChI=1S/C22H24N2O4/c1-3-13-28-19-11-9-18(10-12-19)24-21(26)14-20(22(24)27)23(16(2)25)15-17-7-5-4-6-8-17/h4-12,20H,3,13-15H2,1-2H3/t20-/m0/s1. The van der Waals surface area contributed by atoms with Gasteiger partial charge in [0.2, 0.25) is 11.8 Å². The van der Waals surface area contributed by atoms with Crippen molar-refractivity contribution in [3.8, 4) is 5.75 Å². The summed E-state index contributed by atoms with van der Waals surface area (Å²) < 4.78 is 5.54. The predicted molar refractivity (Wildman–Crippen MR) is 106 cm³/mol. The fourth-order valence-corrected chi connectivity index (χ4v) is 3.26. The summed E-state index contributed by atoms with van der Waals surface area (Å²) in [6, 6.07) is 15.5. The quantitative estimate of drug-likeness (QED) is 0.692. The summed E-state index contributed by atoms with van der Waals surface area (Å²) in [5.41, 5.74) is 1.40. The average molecular weight is 380 g/mol. The topological polar surface area (TPSA) is 66.9 Å². The van der Waals surface area contributed by atoms with Crippen LogP contribution in [0.2, 0.25) is 0 Å². The molecular formula is C22H24N2O4. The summed E-state index contributed by atoms with van der Waals surface area (Å²) in [6.07, 6.45) is 0.883. The Bertz CT molecular complexity index is 849. The molecule has 1 aliphatic heterocycles. The summed E-state index contributed by atoms with van der Waals surface area (Å²) in [5, 5.41) is 0. The number of carbonyl (C=O) groups is 3. The zero-order valence-electron chi connectivity index (χ0n) is 16.1. The van der Waals surface area contributed by atoms with Crippen molar-refractivity contribution in [3.63, 3.8) is 0 Å². The van der Waals surface area contributed by atoms with Gasteiger partial charge in [0, 0.05) is 13.5 Å². The molecule has 0 spiro atoms. The highest BCUT2D eigenvalue weighted by molar-refractivity contribution is 6.23. The van der Waals surface area contributed by atoms with Gasteiger partial charge in [0.1, 0.15) is 11.8 Å². The molecule has 3 rings (SSSR count). The van der Waals surface area contributed by atoms with E-state index in [4.69, 9.17) is 4.74 Å². The number of hydrogen-bond acceptors (Lipinski definition) is 4. The van der Waals surface area contributed by atoms with Crippen LogP contribution in [0.3, 0.4) is 0 Å². The van der Waals surface area contributed by atoms with Gasteiger partial charge in [0.25, 0.3) is 5.91 Å². The van der Waals surface area contributed by atoms with Crippen LogP contribution in [-0.4, -0.2) is 35.3 Å². The van der Waals surface area contributed by atoms with Gasteiger partial charge in [0.15, 0.2) is 0 Å². The van der Waals surface area contributed by atoms with E-state index in [-0.39, 0.29) is 30.7 Å². The Morgan fingerprint density at radius 3 is 2.39 bits per heavy atom. The Hall–Kier alpha value is -3.15. The van der Waals surface area contributed by atoms with Crippen molar-refractivity contribution in [3.05, 3.63) is 60.2 Å². The minimum atomic E-state index is -0.791. The van der Waals surface area contributed by atoms with Gasteiger partial charge in [-0.1, -0.05) is 37.3 Å². The lowest BCUT2D eigenvalue weighted by molar-refractivity contribution is -0.137. The van der Waals surface area contributed by atoms with Crippen molar-refractivity contribution < 1.29 is 19.1 Å². The molecule has 1 saturated heterocycles. The Morgan fingerprint density at radius 2 is 1.79 bits per heavy atom. The molecule has 1 heterocycles. The van der Waals surface area contributed by atoms with E-state index in [9.17, 15) is 14.4 Å². The minimum absolute atomic E-state index is 0.0146. The molecule has 0 unspecified atom stereocenters. The number of carbonyl (C=O) groups excluding carboxylic acids is 3. The maximum absolute atomic E-state index is 13.0. The van der Waals surface area contributed by atoms with Crippen LogP contribution in [-0.2, 0) is 20.9 Å². The Balaban J connectivity index is 1.78. The molecule has 1 aliphatic rings. The van der Waals surface area contributed by atoms with Crippen molar-refractivity contribution in [2.75, 3.05) is 11.5 Å². The molecule has 0 saturated carbocycles. The van der Waals surface area contributed by atoms with E-state index in [2.05, 4.69) is 0 Å². The number of hydrogen-bond donors (Lipinski definition) is 0. The first-order valence-corrected chi connectivity index (χ1v) is 9.42. The van der Waals surface area contributed by atoms with E-state index in [1.54, 1.807) is 24.3 Å². The highest BCUT2D eigenvalue weighted by Gasteiger charge is 2.43. The van der Waals surface area contributed by atoms with Gasteiger partial charge >= 0.3 is 0 Å². The molecule has 0 bridgehead atoms. The maximum atomic E-state index is 13.0. The molecule has 28 heavy (non-hydrogen) atoms.